The zero-order chi connectivity index (χ0) is 22.4. The zero-order valence-corrected chi connectivity index (χ0v) is 17.8. The molecule has 2 N–H and O–H groups in total. The number of hydrogen-bond donors (Lipinski definition) is 2. The van der Waals surface area contributed by atoms with Crippen LogP contribution in [0, 0.1) is 11.6 Å². The number of halogens is 2. The Balaban J connectivity index is 2.24. The van der Waals surface area contributed by atoms with E-state index in [9.17, 15) is 17.2 Å². The molecule has 162 valence electrons. The van der Waals surface area contributed by atoms with Crippen molar-refractivity contribution in [3.8, 4) is 0 Å². The first kappa shape index (κ1) is 22.8. The molecule has 0 saturated heterocycles. The van der Waals surface area contributed by atoms with Crippen LogP contribution in [-0.2, 0) is 10.0 Å². The Morgan fingerprint density at radius 1 is 0.806 bits per heavy atom. The maximum Gasteiger partial charge on any atom is 0.262 e. The highest BCUT2D eigenvalue weighted by molar-refractivity contribution is 7.89. The van der Waals surface area contributed by atoms with Gasteiger partial charge in [-0.25, -0.2) is 17.2 Å². The summed E-state index contributed by atoms with van der Waals surface area (Å²) < 4.78 is 50.8. The predicted molar refractivity (Wildman–Crippen MR) is 117 cm³/mol. The predicted octanol–water partition coefficient (Wildman–Crippen LogP) is 5.78. The molecule has 3 aromatic carbocycles. The van der Waals surface area contributed by atoms with Gasteiger partial charge in [0, 0.05) is 0 Å². The first-order chi connectivity index (χ1) is 14.9. The smallest absolute Gasteiger partial charge is 0.262 e. The number of nitrogens with one attached hydrogen (secondary N) is 1. The molecule has 0 aromatic heterocycles. The van der Waals surface area contributed by atoms with Gasteiger partial charge in [0.15, 0.2) is 0 Å². The molecule has 0 aliphatic rings. The molecule has 0 heterocycles. The highest BCUT2D eigenvalue weighted by atomic mass is 32.2. The van der Waals surface area contributed by atoms with Crippen LogP contribution in [0.15, 0.2) is 77.7 Å². The third-order valence-electron chi connectivity index (χ3n) is 4.98. The molecule has 0 fully saturated rings. The quantitative estimate of drug-likeness (QED) is 0.342. The SMILES string of the molecule is CCCCC(=C(c1ccc(F)cc1)c1ccc(F)cc1)c1ccc(S(=O)(=O)NO)cc1. The number of unbranched alkanes of at least 4 members (excludes halogenated alkanes) is 1. The normalized spacial score (nSPS) is 11.4. The summed E-state index contributed by atoms with van der Waals surface area (Å²) in [6.45, 7) is 2.07. The molecule has 0 bridgehead atoms. The van der Waals surface area contributed by atoms with Crippen LogP contribution in [0.5, 0.6) is 0 Å². The summed E-state index contributed by atoms with van der Waals surface area (Å²) in [5.74, 6) is -0.716. The van der Waals surface area contributed by atoms with Crippen molar-refractivity contribution in [2.24, 2.45) is 0 Å². The van der Waals surface area contributed by atoms with Gasteiger partial charge in [-0.3, -0.25) is 0 Å². The summed E-state index contributed by atoms with van der Waals surface area (Å²) in [7, 11) is -3.99. The third kappa shape index (κ3) is 5.44. The molecule has 0 aliphatic heterocycles. The molecule has 0 amide bonds. The summed E-state index contributed by atoms with van der Waals surface area (Å²) in [6, 6.07) is 18.4. The van der Waals surface area contributed by atoms with Crippen molar-refractivity contribution in [3.05, 3.63) is 101 Å². The van der Waals surface area contributed by atoms with Crippen LogP contribution in [0.3, 0.4) is 0 Å². The Morgan fingerprint density at radius 2 is 1.26 bits per heavy atom. The standard InChI is InChI=1S/C24H23F2NO3S/c1-2-3-4-23(17-9-15-22(16-10-17)31(29,30)27-28)24(18-5-11-20(25)12-6-18)19-7-13-21(26)14-8-19/h5-16,27-28H,2-4H2,1H3. The molecule has 7 heteroatoms. The highest BCUT2D eigenvalue weighted by Gasteiger charge is 2.17. The average molecular weight is 444 g/mol. The summed E-state index contributed by atoms with van der Waals surface area (Å²) in [6.07, 6.45) is 2.49. The molecular weight excluding hydrogens is 420 g/mol. The monoisotopic (exact) mass is 443 g/mol. The van der Waals surface area contributed by atoms with Crippen LogP contribution in [0.25, 0.3) is 11.1 Å². The van der Waals surface area contributed by atoms with Crippen LogP contribution >= 0.6 is 0 Å². The molecular formula is C24H23F2NO3S. The summed E-state index contributed by atoms with van der Waals surface area (Å²) in [5.41, 5.74) is 4.08. The third-order valence-corrected chi connectivity index (χ3v) is 6.11. The minimum absolute atomic E-state index is 0.0706. The molecule has 31 heavy (non-hydrogen) atoms. The van der Waals surface area contributed by atoms with Crippen LogP contribution < -0.4 is 4.89 Å². The van der Waals surface area contributed by atoms with Gasteiger partial charge in [0.05, 0.1) is 4.90 Å². The lowest BCUT2D eigenvalue weighted by molar-refractivity contribution is 0.242. The first-order valence-corrected chi connectivity index (χ1v) is 11.4. The van der Waals surface area contributed by atoms with Crippen LogP contribution in [0.1, 0.15) is 42.9 Å². The molecule has 0 spiro atoms. The van der Waals surface area contributed by atoms with Crippen molar-refractivity contribution >= 4 is 21.2 Å². The van der Waals surface area contributed by atoms with Gasteiger partial charge in [0.25, 0.3) is 10.0 Å². The minimum Gasteiger partial charge on any atom is -0.302 e. The molecule has 0 unspecified atom stereocenters. The van der Waals surface area contributed by atoms with E-state index in [4.69, 9.17) is 5.21 Å². The molecule has 3 rings (SSSR count). The van der Waals surface area contributed by atoms with Gasteiger partial charge in [0.1, 0.15) is 11.6 Å². The van der Waals surface area contributed by atoms with E-state index in [0.717, 1.165) is 40.7 Å². The maximum absolute atomic E-state index is 13.6. The fraction of sp³-hybridized carbons (Fsp3) is 0.167. The maximum atomic E-state index is 13.6. The van der Waals surface area contributed by atoms with Crippen LogP contribution in [0.4, 0.5) is 8.78 Å². The van der Waals surface area contributed by atoms with E-state index in [1.54, 1.807) is 36.4 Å². The van der Waals surface area contributed by atoms with Crippen LogP contribution in [-0.4, -0.2) is 13.6 Å². The Labute approximate surface area is 180 Å². The van der Waals surface area contributed by atoms with Gasteiger partial charge in [-0.2, -0.15) is 0 Å². The summed E-state index contributed by atoms with van der Waals surface area (Å²) in [4.78, 5) is 1.24. The second-order valence-electron chi connectivity index (χ2n) is 7.09. The summed E-state index contributed by atoms with van der Waals surface area (Å²) >= 11 is 0. The molecule has 3 aromatic rings. The Hall–Kier alpha value is -2.87. The average Bonchev–Trinajstić information content (AvgIpc) is 2.78. The van der Waals surface area contributed by atoms with Gasteiger partial charge in [-0.15, -0.1) is 0 Å². The molecule has 0 atom stereocenters. The van der Waals surface area contributed by atoms with Gasteiger partial charge in [-0.05, 0) is 77.1 Å². The Kier molecular flexibility index (Phi) is 7.33. The fourth-order valence-electron chi connectivity index (χ4n) is 3.40. The fourth-order valence-corrected chi connectivity index (χ4v) is 4.00. The molecule has 0 radical (unpaired) electrons. The topological polar surface area (TPSA) is 66.4 Å². The number of benzene rings is 3. The van der Waals surface area contributed by atoms with Crippen LogP contribution in [0.2, 0.25) is 0 Å². The van der Waals surface area contributed by atoms with E-state index in [1.807, 2.05) is 0 Å². The number of sulfonamides is 1. The van der Waals surface area contributed by atoms with E-state index in [0.29, 0.717) is 6.42 Å². The molecule has 4 nitrogen and oxygen atoms in total. The van der Waals surface area contributed by atoms with E-state index < -0.39 is 10.0 Å². The minimum atomic E-state index is -3.99. The highest BCUT2D eigenvalue weighted by Crippen LogP contribution is 2.36. The number of rotatable bonds is 8. The number of hydrogen-bond acceptors (Lipinski definition) is 3. The summed E-state index contributed by atoms with van der Waals surface area (Å²) in [5, 5.41) is 8.86. The lowest BCUT2D eigenvalue weighted by Gasteiger charge is -2.18. The largest absolute Gasteiger partial charge is 0.302 e. The zero-order valence-electron chi connectivity index (χ0n) is 17.0. The van der Waals surface area contributed by atoms with Crippen molar-refractivity contribution in [1.29, 1.82) is 0 Å². The van der Waals surface area contributed by atoms with Crippen molar-refractivity contribution in [2.45, 2.75) is 31.1 Å². The lowest BCUT2D eigenvalue weighted by Crippen LogP contribution is -2.19. The van der Waals surface area contributed by atoms with E-state index >= 15 is 0 Å². The van der Waals surface area contributed by atoms with Crippen molar-refractivity contribution < 1.29 is 22.4 Å². The van der Waals surface area contributed by atoms with Crippen molar-refractivity contribution in [2.75, 3.05) is 0 Å². The Morgan fingerprint density at radius 3 is 1.68 bits per heavy atom. The molecule has 0 saturated carbocycles. The second-order valence-corrected chi connectivity index (χ2v) is 8.75. The lowest BCUT2D eigenvalue weighted by atomic mass is 9.87. The van der Waals surface area contributed by atoms with E-state index in [1.165, 1.54) is 41.3 Å². The Bertz CT molecular complexity index is 1110. The van der Waals surface area contributed by atoms with Gasteiger partial charge < -0.3 is 5.21 Å². The van der Waals surface area contributed by atoms with E-state index in [-0.39, 0.29) is 16.5 Å². The van der Waals surface area contributed by atoms with Gasteiger partial charge >= 0.3 is 0 Å². The van der Waals surface area contributed by atoms with Gasteiger partial charge in [-0.1, -0.05) is 54.6 Å². The first-order valence-electron chi connectivity index (χ1n) is 9.87. The van der Waals surface area contributed by atoms with Crippen molar-refractivity contribution in [3.63, 3.8) is 0 Å². The second kappa shape index (κ2) is 9.96. The van der Waals surface area contributed by atoms with E-state index in [2.05, 4.69) is 6.92 Å². The number of allylic oxidation sites excluding steroid dienone is 1. The van der Waals surface area contributed by atoms with Gasteiger partial charge in [0.2, 0.25) is 0 Å². The van der Waals surface area contributed by atoms with Crippen molar-refractivity contribution in [1.82, 2.24) is 4.89 Å². The molecule has 0 aliphatic carbocycles.